The van der Waals surface area contributed by atoms with Gasteiger partial charge in [-0.05, 0) is 20.8 Å². The van der Waals surface area contributed by atoms with Crippen molar-refractivity contribution in [3.05, 3.63) is 17.5 Å². The van der Waals surface area contributed by atoms with Gasteiger partial charge in [-0.2, -0.15) is 5.10 Å². The Balaban J connectivity index is 2.53. The van der Waals surface area contributed by atoms with E-state index < -0.39 is 9.84 Å². The van der Waals surface area contributed by atoms with Crippen LogP contribution >= 0.6 is 0 Å². The van der Waals surface area contributed by atoms with Crippen molar-refractivity contribution in [3.8, 4) is 0 Å². The molecule has 0 saturated carbocycles. The molecule has 0 aliphatic rings. The highest BCUT2D eigenvalue weighted by atomic mass is 32.2. The summed E-state index contributed by atoms with van der Waals surface area (Å²) >= 11 is 0. The molecular weight excluding hydrogens is 238 g/mol. The quantitative estimate of drug-likeness (QED) is 0.818. The molecule has 1 aromatic rings. The maximum absolute atomic E-state index is 11.1. The molecule has 0 aliphatic heterocycles. The van der Waals surface area contributed by atoms with Gasteiger partial charge in [0.2, 0.25) is 0 Å². The van der Waals surface area contributed by atoms with Crippen molar-refractivity contribution >= 4 is 9.84 Å². The van der Waals surface area contributed by atoms with Crippen molar-refractivity contribution in [1.29, 1.82) is 0 Å². The van der Waals surface area contributed by atoms with Gasteiger partial charge in [0, 0.05) is 36.6 Å². The molecule has 0 saturated heterocycles. The Morgan fingerprint density at radius 1 is 1.53 bits per heavy atom. The van der Waals surface area contributed by atoms with Crippen LogP contribution in [0.15, 0.2) is 6.20 Å². The molecule has 0 bridgehead atoms. The zero-order chi connectivity index (χ0) is 13.1. The molecule has 1 N–H and O–H groups in total. The summed E-state index contributed by atoms with van der Waals surface area (Å²) in [5, 5.41) is 7.45. The van der Waals surface area contributed by atoms with E-state index in [1.54, 1.807) is 0 Å². The van der Waals surface area contributed by atoms with Gasteiger partial charge in [0.15, 0.2) is 0 Å². The third kappa shape index (κ3) is 4.47. The lowest BCUT2D eigenvalue weighted by Crippen LogP contribution is -2.32. The number of rotatable bonds is 6. The number of sulfone groups is 1. The average molecular weight is 259 g/mol. The van der Waals surface area contributed by atoms with Crippen LogP contribution in [0.25, 0.3) is 0 Å². The van der Waals surface area contributed by atoms with Gasteiger partial charge in [0.25, 0.3) is 0 Å². The fourth-order valence-corrected chi connectivity index (χ4v) is 2.80. The van der Waals surface area contributed by atoms with E-state index in [9.17, 15) is 8.42 Å². The first-order valence-corrected chi connectivity index (χ1v) is 7.82. The minimum atomic E-state index is -2.92. The third-order valence-corrected chi connectivity index (χ3v) is 3.80. The molecule has 1 aromatic heterocycles. The van der Waals surface area contributed by atoms with E-state index in [2.05, 4.69) is 10.4 Å². The van der Waals surface area contributed by atoms with Crippen LogP contribution in [0.1, 0.15) is 25.1 Å². The SMILES string of the molecule is CCn1ncc(CN[C@H](C)CS(C)(=O)=O)c1C. The highest BCUT2D eigenvalue weighted by molar-refractivity contribution is 7.90. The van der Waals surface area contributed by atoms with Gasteiger partial charge in [0.1, 0.15) is 9.84 Å². The van der Waals surface area contributed by atoms with Crippen LogP contribution in [-0.4, -0.2) is 36.2 Å². The number of hydrogen-bond acceptors (Lipinski definition) is 4. The van der Waals surface area contributed by atoms with E-state index in [-0.39, 0.29) is 11.8 Å². The molecule has 1 rings (SSSR count). The van der Waals surface area contributed by atoms with Gasteiger partial charge in [-0.1, -0.05) is 0 Å². The van der Waals surface area contributed by atoms with Crippen molar-refractivity contribution in [2.75, 3.05) is 12.0 Å². The van der Waals surface area contributed by atoms with Crippen molar-refractivity contribution in [1.82, 2.24) is 15.1 Å². The van der Waals surface area contributed by atoms with Gasteiger partial charge in [-0.25, -0.2) is 8.42 Å². The molecular formula is C11H21N3O2S. The Hall–Kier alpha value is -0.880. The first-order valence-electron chi connectivity index (χ1n) is 5.76. The molecule has 0 fully saturated rings. The summed E-state index contributed by atoms with van der Waals surface area (Å²) in [6, 6.07) is -0.0469. The molecule has 0 spiro atoms. The summed E-state index contributed by atoms with van der Waals surface area (Å²) < 4.78 is 24.2. The molecule has 0 aliphatic carbocycles. The van der Waals surface area contributed by atoms with Crippen molar-refractivity contribution in [2.45, 2.75) is 39.9 Å². The van der Waals surface area contributed by atoms with E-state index >= 15 is 0 Å². The molecule has 98 valence electrons. The topological polar surface area (TPSA) is 64.0 Å². The Morgan fingerprint density at radius 2 is 2.18 bits per heavy atom. The number of aromatic nitrogens is 2. The van der Waals surface area contributed by atoms with E-state index in [1.807, 2.05) is 31.6 Å². The third-order valence-electron chi connectivity index (χ3n) is 2.70. The van der Waals surface area contributed by atoms with Gasteiger partial charge >= 0.3 is 0 Å². The highest BCUT2D eigenvalue weighted by Crippen LogP contribution is 2.07. The Kier molecular flexibility index (Phi) is 4.70. The lowest BCUT2D eigenvalue weighted by atomic mass is 10.2. The first-order chi connectivity index (χ1) is 7.83. The standard InChI is InChI=1S/C11H21N3O2S/c1-5-14-10(3)11(7-13-14)6-12-9(2)8-17(4,15)16/h7,9,12H,5-6,8H2,1-4H3/t9-/m1/s1. The molecule has 0 unspecified atom stereocenters. The number of nitrogens with one attached hydrogen (secondary N) is 1. The van der Waals surface area contributed by atoms with E-state index in [0.29, 0.717) is 6.54 Å². The van der Waals surface area contributed by atoms with E-state index in [0.717, 1.165) is 17.8 Å². The zero-order valence-electron chi connectivity index (χ0n) is 10.9. The summed E-state index contributed by atoms with van der Waals surface area (Å²) in [6.07, 6.45) is 3.09. The summed E-state index contributed by atoms with van der Waals surface area (Å²) in [7, 11) is -2.92. The molecule has 1 atom stereocenters. The van der Waals surface area contributed by atoms with Gasteiger partial charge in [-0.3, -0.25) is 4.68 Å². The Morgan fingerprint density at radius 3 is 2.65 bits per heavy atom. The molecule has 17 heavy (non-hydrogen) atoms. The fourth-order valence-electron chi connectivity index (χ4n) is 1.77. The maximum atomic E-state index is 11.1. The number of nitrogens with zero attached hydrogens (tertiary/aromatic N) is 2. The summed E-state index contributed by atoms with van der Waals surface area (Å²) in [4.78, 5) is 0. The van der Waals surface area contributed by atoms with Gasteiger partial charge < -0.3 is 5.32 Å². The Labute approximate surface area is 103 Å². The average Bonchev–Trinajstić information content (AvgIpc) is 2.54. The van der Waals surface area contributed by atoms with Crippen molar-refractivity contribution in [2.24, 2.45) is 0 Å². The molecule has 0 radical (unpaired) electrons. The normalized spacial score (nSPS) is 13.9. The minimum absolute atomic E-state index is 0.0469. The molecule has 1 heterocycles. The second kappa shape index (κ2) is 5.64. The molecule has 5 nitrogen and oxygen atoms in total. The highest BCUT2D eigenvalue weighted by Gasteiger charge is 2.11. The first kappa shape index (κ1) is 14.2. The lowest BCUT2D eigenvalue weighted by molar-refractivity contribution is 0.558. The summed E-state index contributed by atoms with van der Waals surface area (Å²) in [5.74, 6) is 0.161. The largest absolute Gasteiger partial charge is 0.309 e. The van der Waals surface area contributed by atoms with Crippen LogP contribution < -0.4 is 5.32 Å². The molecule has 0 amide bonds. The van der Waals surface area contributed by atoms with Crippen LogP contribution in [0, 0.1) is 6.92 Å². The lowest BCUT2D eigenvalue weighted by Gasteiger charge is -2.12. The van der Waals surface area contributed by atoms with Crippen LogP contribution in [-0.2, 0) is 22.9 Å². The van der Waals surface area contributed by atoms with Crippen LogP contribution in [0.4, 0.5) is 0 Å². The summed E-state index contributed by atoms with van der Waals surface area (Å²) in [5.41, 5.74) is 2.25. The smallest absolute Gasteiger partial charge is 0.148 e. The monoisotopic (exact) mass is 259 g/mol. The number of aryl methyl sites for hydroxylation is 1. The minimum Gasteiger partial charge on any atom is -0.309 e. The fraction of sp³-hybridized carbons (Fsp3) is 0.727. The number of hydrogen-bond donors (Lipinski definition) is 1. The van der Waals surface area contributed by atoms with Crippen molar-refractivity contribution in [3.63, 3.8) is 0 Å². The zero-order valence-corrected chi connectivity index (χ0v) is 11.7. The second-order valence-electron chi connectivity index (χ2n) is 4.45. The summed E-state index contributed by atoms with van der Waals surface area (Å²) in [6.45, 7) is 7.45. The second-order valence-corrected chi connectivity index (χ2v) is 6.63. The predicted molar refractivity (Wildman–Crippen MR) is 68.7 cm³/mol. The van der Waals surface area contributed by atoms with Crippen LogP contribution in [0.3, 0.4) is 0 Å². The van der Waals surface area contributed by atoms with E-state index in [4.69, 9.17) is 0 Å². The van der Waals surface area contributed by atoms with Gasteiger partial charge in [-0.15, -0.1) is 0 Å². The van der Waals surface area contributed by atoms with Crippen LogP contribution in [0.5, 0.6) is 0 Å². The van der Waals surface area contributed by atoms with Crippen molar-refractivity contribution < 1.29 is 8.42 Å². The van der Waals surface area contributed by atoms with E-state index in [1.165, 1.54) is 6.26 Å². The molecule has 6 heteroatoms. The molecule has 0 aromatic carbocycles. The van der Waals surface area contributed by atoms with Gasteiger partial charge in [0.05, 0.1) is 11.9 Å². The van der Waals surface area contributed by atoms with Crippen LogP contribution in [0.2, 0.25) is 0 Å². The Bertz CT molecular complexity index is 465. The maximum Gasteiger partial charge on any atom is 0.148 e. The predicted octanol–water partition coefficient (Wildman–Crippen LogP) is 0.734.